The van der Waals surface area contributed by atoms with Crippen LogP contribution in [0.25, 0.3) is 0 Å². The van der Waals surface area contributed by atoms with Crippen molar-refractivity contribution in [3.63, 3.8) is 0 Å². The predicted molar refractivity (Wildman–Crippen MR) is 123 cm³/mol. The molecular formula is C23H29ClN4O2. The Kier molecular flexibility index (Phi) is 7.57. The molecule has 1 aliphatic heterocycles. The fourth-order valence-corrected chi connectivity index (χ4v) is 3.99. The molecule has 1 heterocycles. The molecule has 2 aromatic rings. The van der Waals surface area contributed by atoms with E-state index in [1.807, 2.05) is 43.0 Å². The van der Waals surface area contributed by atoms with E-state index in [4.69, 9.17) is 11.6 Å². The van der Waals surface area contributed by atoms with E-state index in [1.165, 1.54) is 0 Å². The third-order valence-corrected chi connectivity index (χ3v) is 5.67. The van der Waals surface area contributed by atoms with Gasteiger partial charge >= 0.3 is 6.03 Å². The van der Waals surface area contributed by atoms with Gasteiger partial charge in [0, 0.05) is 48.6 Å². The Morgan fingerprint density at radius 3 is 2.43 bits per heavy atom. The number of hydrogen-bond donors (Lipinski definition) is 2. The number of halogens is 1. The van der Waals surface area contributed by atoms with Crippen LogP contribution in [0.3, 0.4) is 0 Å². The minimum absolute atomic E-state index is 0.0664. The van der Waals surface area contributed by atoms with E-state index in [-0.39, 0.29) is 18.0 Å². The van der Waals surface area contributed by atoms with Gasteiger partial charge in [0.15, 0.2) is 0 Å². The molecule has 6 nitrogen and oxygen atoms in total. The molecule has 3 rings (SSSR count). The third kappa shape index (κ3) is 5.45. The number of amides is 3. The van der Waals surface area contributed by atoms with Gasteiger partial charge in [-0.25, -0.2) is 4.79 Å². The largest absolute Gasteiger partial charge is 0.371 e. The number of nitrogens with one attached hydrogen (secondary N) is 2. The number of rotatable bonds is 6. The van der Waals surface area contributed by atoms with E-state index in [0.717, 1.165) is 37.2 Å². The minimum atomic E-state index is -0.229. The highest BCUT2D eigenvalue weighted by atomic mass is 35.5. The first-order valence-electron chi connectivity index (χ1n) is 10.5. The van der Waals surface area contributed by atoms with E-state index in [1.54, 1.807) is 24.3 Å². The van der Waals surface area contributed by atoms with Gasteiger partial charge in [-0.1, -0.05) is 29.8 Å². The van der Waals surface area contributed by atoms with Gasteiger partial charge < -0.3 is 20.4 Å². The van der Waals surface area contributed by atoms with Crippen molar-refractivity contribution in [3.8, 4) is 0 Å². The molecule has 0 radical (unpaired) electrons. The summed E-state index contributed by atoms with van der Waals surface area (Å²) in [5, 5.41) is 6.44. The lowest BCUT2D eigenvalue weighted by Crippen LogP contribution is -2.46. The van der Waals surface area contributed by atoms with Gasteiger partial charge in [-0.3, -0.25) is 4.79 Å². The maximum Gasteiger partial charge on any atom is 0.319 e. The monoisotopic (exact) mass is 428 g/mol. The summed E-state index contributed by atoms with van der Waals surface area (Å²) in [6, 6.07) is 14.7. The van der Waals surface area contributed by atoms with E-state index in [0.29, 0.717) is 23.8 Å². The highest BCUT2D eigenvalue weighted by molar-refractivity contribution is 6.30. The minimum Gasteiger partial charge on any atom is -0.371 e. The van der Waals surface area contributed by atoms with Crippen LogP contribution < -0.4 is 15.5 Å². The van der Waals surface area contributed by atoms with Crippen molar-refractivity contribution >= 4 is 34.9 Å². The molecular weight excluding hydrogens is 400 g/mol. The maximum absolute atomic E-state index is 12.9. The number of urea groups is 1. The lowest BCUT2D eigenvalue weighted by Gasteiger charge is -2.35. The standard InChI is InChI=1S/C23H29ClN4O2/c1-3-27(4-2)22(29)20-10-5-6-11-21(20)28-14-12-18(13-15-28)25-23(30)26-19-9-7-8-17(24)16-19/h5-11,16,18H,3-4,12-15H2,1-2H3,(H2,25,26,30). The number of hydrogen-bond acceptors (Lipinski definition) is 3. The van der Waals surface area contributed by atoms with Gasteiger partial charge in [0.25, 0.3) is 5.91 Å². The van der Waals surface area contributed by atoms with E-state index in [9.17, 15) is 9.59 Å². The molecule has 1 aliphatic rings. The van der Waals surface area contributed by atoms with Crippen LogP contribution in [0.2, 0.25) is 5.02 Å². The van der Waals surface area contributed by atoms with Crippen molar-refractivity contribution in [1.29, 1.82) is 0 Å². The van der Waals surface area contributed by atoms with Gasteiger partial charge in [-0.15, -0.1) is 0 Å². The van der Waals surface area contributed by atoms with Crippen LogP contribution in [0, 0.1) is 0 Å². The average Bonchev–Trinajstić information content (AvgIpc) is 2.75. The van der Waals surface area contributed by atoms with Crippen LogP contribution >= 0.6 is 11.6 Å². The van der Waals surface area contributed by atoms with Crippen molar-refractivity contribution in [3.05, 3.63) is 59.1 Å². The number of anilines is 2. The summed E-state index contributed by atoms with van der Waals surface area (Å²) >= 11 is 5.96. The van der Waals surface area contributed by atoms with Crippen LogP contribution in [0.4, 0.5) is 16.2 Å². The first-order valence-corrected chi connectivity index (χ1v) is 10.9. The molecule has 7 heteroatoms. The van der Waals surface area contributed by atoms with Crippen molar-refractivity contribution in [1.82, 2.24) is 10.2 Å². The SMILES string of the molecule is CCN(CC)C(=O)c1ccccc1N1CCC(NC(=O)Nc2cccc(Cl)c2)CC1. The molecule has 0 aliphatic carbocycles. The Balaban J connectivity index is 1.58. The topological polar surface area (TPSA) is 64.7 Å². The summed E-state index contributed by atoms with van der Waals surface area (Å²) in [5.41, 5.74) is 2.38. The molecule has 0 atom stereocenters. The molecule has 1 fully saturated rings. The molecule has 0 aromatic heterocycles. The van der Waals surface area contributed by atoms with Gasteiger partial charge in [0.1, 0.15) is 0 Å². The molecule has 1 saturated heterocycles. The average molecular weight is 429 g/mol. The lowest BCUT2D eigenvalue weighted by atomic mass is 10.0. The first-order chi connectivity index (χ1) is 14.5. The quantitative estimate of drug-likeness (QED) is 0.706. The summed E-state index contributed by atoms with van der Waals surface area (Å²) in [6.45, 7) is 6.94. The third-order valence-electron chi connectivity index (χ3n) is 5.44. The zero-order chi connectivity index (χ0) is 21.5. The number of nitrogens with zero attached hydrogens (tertiary/aromatic N) is 2. The van der Waals surface area contributed by atoms with Gasteiger partial charge in [0.05, 0.1) is 5.56 Å². The predicted octanol–water partition coefficient (Wildman–Crippen LogP) is 4.61. The van der Waals surface area contributed by atoms with Crippen molar-refractivity contribution < 1.29 is 9.59 Å². The zero-order valence-electron chi connectivity index (χ0n) is 17.5. The smallest absolute Gasteiger partial charge is 0.319 e. The van der Waals surface area contributed by atoms with Gasteiger partial charge in [0.2, 0.25) is 0 Å². The van der Waals surface area contributed by atoms with E-state index in [2.05, 4.69) is 15.5 Å². The number of carbonyl (C=O) groups is 2. The highest BCUT2D eigenvalue weighted by Gasteiger charge is 2.25. The van der Waals surface area contributed by atoms with Crippen molar-refractivity contribution in [2.75, 3.05) is 36.4 Å². The molecule has 2 aromatic carbocycles. The van der Waals surface area contributed by atoms with E-state index < -0.39 is 0 Å². The van der Waals surface area contributed by atoms with Gasteiger partial charge in [-0.2, -0.15) is 0 Å². The summed E-state index contributed by atoms with van der Waals surface area (Å²) in [5.74, 6) is 0.0664. The van der Waals surface area contributed by atoms with Crippen LogP contribution in [-0.4, -0.2) is 49.1 Å². The van der Waals surface area contributed by atoms with E-state index >= 15 is 0 Å². The van der Waals surface area contributed by atoms with Crippen molar-refractivity contribution in [2.45, 2.75) is 32.7 Å². The van der Waals surface area contributed by atoms with Crippen LogP contribution in [0.5, 0.6) is 0 Å². The molecule has 0 unspecified atom stereocenters. The fraction of sp³-hybridized carbons (Fsp3) is 0.391. The molecule has 30 heavy (non-hydrogen) atoms. The second-order valence-electron chi connectivity index (χ2n) is 7.36. The second-order valence-corrected chi connectivity index (χ2v) is 7.80. The zero-order valence-corrected chi connectivity index (χ0v) is 18.3. The summed E-state index contributed by atoms with van der Waals surface area (Å²) in [6.07, 6.45) is 1.63. The number of piperidine rings is 1. The summed E-state index contributed by atoms with van der Waals surface area (Å²) in [7, 11) is 0. The second kappa shape index (κ2) is 10.3. The molecule has 2 N–H and O–H groups in total. The lowest BCUT2D eigenvalue weighted by molar-refractivity contribution is 0.0773. The molecule has 0 spiro atoms. The number of benzene rings is 2. The Hall–Kier alpha value is -2.73. The Bertz CT molecular complexity index is 877. The summed E-state index contributed by atoms with van der Waals surface area (Å²) < 4.78 is 0. The van der Waals surface area contributed by atoms with Crippen LogP contribution in [0.1, 0.15) is 37.0 Å². The first kappa shape index (κ1) is 22.0. The van der Waals surface area contributed by atoms with Gasteiger partial charge in [-0.05, 0) is 57.0 Å². The molecule has 3 amide bonds. The van der Waals surface area contributed by atoms with Crippen molar-refractivity contribution in [2.24, 2.45) is 0 Å². The van der Waals surface area contributed by atoms with Crippen LogP contribution in [0.15, 0.2) is 48.5 Å². The highest BCUT2D eigenvalue weighted by Crippen LogP contribution is 2.25. The fourth-order valence-electron chi connectivity index (χ4n) is 3.79. The Morgan fingerprint density at radius 1 is 1.07 bits per heavy atom. The normalized spacial score (nSPS) is 14.3. The molecule has 0 bridgehead atoms. The molecule has 0 saturated carbocycles. The Labute approximate surface area is 183 Å². The maximum atomic E-state index is 12.9. The number of para-hydroxylation sites is 1. The molecule has 160 valence electrons. The Morgan fingerprint density at radius 2 is 1.77 bits per heavy atom. The summed E-state index contributed by atoms with van der Waals surface area (Å²) in [4.78, 5) is 29.3. The number of carbonyl (C=O) groups excluding carboxylic acids is 2. The van der Waals surface area contributed by atoms with Crippen LogP contribution in [-0.2, 0) is 0 Å².